The molecule has 0 bridgehead atoms. The van der Waals surface area contributed by atoms with Crippen molar-refractivity contribution in [2.24, 2.45) is 0 Å². The Kier molecular flexibility index (Phi) is 7.75. The Labute approximate surface area is 269 Å². The summed E-state index contributed by atoms with van der Waals surface area (Å²) in [4.78, 5) is 17.5. The quantitative estimate of drug-likeness (QED) is 0.186. The lowest BCUT2D eigenvalue weighted by atomic mass is 9.68. The Morgan fingerprint density at radius 1 is 0.761 bits per heavy atom. The van der Waals surface area contributed by atoms with Gasteiger partial charge in [0.1, 0.15) is 31.0 Å². The zero-order chi connectivity index (χ0) is 31.7. The zero-order valence-corrected chi connectivity index (χ0v) is 26.1. The van der Waals surface area contributed by atoms with E-state index in [0.29, 0.717) is 42.6 Å². The molecule has 6 nitrogen and oxygen atoms in total. The number of fused-ring (bicyclic) bond motifs is 2. The summed E-state index contributed by atoms with van der Waals surface area (Å²) in [6, 6.07) is 41.3. The van der Waals surface area contributed by atoms with Crippen LogP contribution in [0.2, 0.25) is 0 Å². The molecule has 1 amide bonds. The van der Waals surface area contributed by atoms with Crippen molar-refractivity contribution in [3.05, 3.63) is 155 Å². The maximum atomic E-state index is 15.6. The van der Waals surface area contributed by atoms with Crippen LogP contribution in [0.4, 0.5) is 5.69 Å². The SMILES string of the molecule is CC(C)(O)CC1(c2cc3c(cc2OCc2ccccc2)OCCO3)C(=O)N(C(c2ccccc2)c2ccccc2)c2ccccc21. The Bertz CT molecular complexity index is 1800. The van der Waals surface area contributed by atoms with Crippen LogP contribution in [-0.2, 0) is 16.8 Å². The van der Waals surface area contributed by atoms with Gasteiger partial charge in [-0.2, -0.15) is 0 Å². The van der Waals surface area contributed by atoms with Crippen molar-refractivity contribution in [3.63, 3.8) is 0 Å². The molecule has 6 heteroatoms. The van der Waals surface area contributed by atoms with Crippen LogP contribution in [0.1, 0.15) is 54.1 Å². The second kappa shape index (κ2) is 12.0. The predicted molar refractivity (Wildman–Crippen MR) is 179 cm³/mol. The summed E-state index contributed by atoms with van der Waals surface area (Å²) in [5.74, 6) is 1.49. The molecule has 0 saturated heterocycles. The van der Waals surface area contributed by atoms with Gasteiger partial charge in [0, 0.05) is 17.3 Å². The van der Waals surface area contributed by atoms with E-state index in [-0.39, 0.29) is 12.3 Å². The summed E-state index contributed by atoms with van der Waals surface area (Å²) in [5.41, 5.74) is 2.66. The van der Waals surface area contributed by atoms with Crippen LogP contribution < -0.4 is 19.1 Å². The average molecular weight is 612 g/mol. The summed E-state index contributed by atoms with van der Waals surface area (Å²) < 4.78 is 18.7. The lowest BCUT2D eigenvalue weighted by Gasteiger charge is -2.37. The third-order valence-electron chi connectivity index (χ3n) is 8.74. The van der Waals surface area contributed by atoms with Gasteiger partial charge >= 0.3 is 0 Å². The van der Waals surface area contributed by atoms with Crippen molar-refractivity contribution in [1.82, 2.24) is 0 Å². The largest absolute Gasteiger partial charge is 0.488 e. The number of para-hydroxylation sites is 1. The standard InChI is InChI=1S/C40H37NO5/c1-39(2,43)27-40(32-24-35-36(45-23-22-44-35)25-34(32)46-26-28-14-6-3-7-15-28)31-20-12-13-21-33(31)41(38(40)42)37(29-16-8-4-9-17-29)30-18-10-5-11-19-30/h3-21,24-25,37,43H,22-23,26-27H2,1-2H3. The molecule has 0 aliphatic carbocycles. The summed E-state index contributed by atoms with van der Waals surface area (Å²) in [6.07, 6.45) is 0.115. The van der Waals surface area contributed by atoms with E-state index >= 15 is 4.79 Å². The molecule has 5 aromatic rings. The van der Waals surface area contributed by atoms with Crippen molar-refractivity contribution in [1.29, 1.82) is 0 Å². The third kappa shape index (κ3) is 5.39. The fourth-order valence-electron chi connectivity index (χ4n) is 6.93. The normalized spacial score (nSPS) is 17.2. The summed E-state index contributed by atoms with van der Waals surface area (Å²) in [7, 11) is 0. The highest BCUT2D eigenvalue weighted by Crippen LogP contribution is 2.57. The van der Waals surface area contributed by atoms with Gasteiger partial charge in [-0.1, -0.05) is 109 Å². The smallest absolute Gasteiger partial charge is 0.243 e. The van der Waals surface area contributed by atoms with Gasteiger partial charge in [-0.15, -0.1) is 0 Å². The molecule has 232 valence electrons. The molecule has 0 radical (unpaired) electrons. The molecule has 0 aromatic heterocycles. The number of nitrogens with zero attached hydrogens (tertiary/aromatic N) is 1. The monoisotopic (exact) mass is 611 g/mol. The Hall–Kier alpha value is -5.07. The van der Waals surface area contributed by atoms with Gasteiger partial charge in [-0.3, -0.25) is 9.69 Å². The molecule has 1 N–H and O–H groups in total. The molecule has 0 saturated carbocycles. The fourth-order valence-corrected chi connectivity index (χ4v) is 6.93. The number of amides is 1. The van der Waals surface area contributed by atoms with Crippen molar-refractivity contribution in [3.8, 4) is 17.2 Å². The number of aliphatic hydroxyl groups is 1. The summed E-state index contributed by atoms with van der Waals surface area (Å²) in [5, 5.41) is 11.6. The summed E-state index contributed by atoms with van der Waals surface area (Å²) >= 11 is 0. The number of hydrogen-bond acceptors (Lipinski definition) is 5. The highest BCUT2D eigenvalue weighted by molar-refractivity contribution is 6.12. The van der Waals surface area contributed by atoms with E-state index in [0.717, 1.165) is 27.9 Å². The number of rotatable bonds is 9. The first-order valence-corrected chi connectivity index (χ1v) is 15.7. The second-order valence-corrected chi connectivity index (χ2v) is 12.6. The Morgan fingerprint density at radius 3 is 1.91 bits per heavy atom. The molecule has 5 aromatic carbocycles. The minimum atomic E-state index is -1.31. The average Bonchev–Trinajstić information content (AvgIpc) is 3.31. The van der Waals surface area contributed by atoms with Crippen LogP contribution in [0.3, 0.4) is 0 Å². The highest BCUT2D eigenvalue weighted by Gasteiger charge is 2.57. The first-order chi connectivity index (χ1) is 22.3. The second-order valence-electron chi connectivity index (χ2n) is 12.6. The number of anilines is 1. The fraction of sp³-hybridized carbons (Fsp3) is 0.225. The van der Waals surface area contributed by atoms with E-state index in [9.17, 15) is 5.11 Å². The van der Waals surface area contributed by atoms with Crippen molar-refractivity contribution in [2.45, 2.75) is 43.9 Å². The minimum Gasteiger partial charge on any atom is -0.488 e. The van der Waals surface area contributed by atoms with Gasteiger partial charge in [0.05, 0.1) is 11.6 Å². The molecule has 1 atom stereocenters. The molecule has 7 rings (SSSR count). The maximum absolute atomic E-state index is 15.6. The first kappa shape index (κ1) is 29.6. The molecule has 0 fully saturated rings. The molecular weight excluding hydrogens is 574 g/mol. The van der Waals surface area contributed by atoms with Gasteiger partial charge in [-0.05, 0) is 54.7 Å². The van der Waals surface area contributed by atoms with Crippen LogP contribution in [0.25, 0.3) is 0 Å². The Morgan fingerprint density at radius 2 is 1.30 bits per heavy atom. The van der Waals surface area contributed by atoms with Crippen molar-refractivity contribution in [2.75, 3.05) is 18.1 Å². The van der Waals surface area contributed by atoms with Crippen LogP contribution >= 0.6 is 0 Å². The van der Waals surface area contributed by atoms with Gasteiger partial charge in [0.2, 0.25) is 5.91 Å². The molecule has 2 aliphatic heterocycles. The lowest BCUT2D eigenvalue weighted by molar-refractivity contribution is -0.124. The summed E-state index contributed by atoms with van der Waals surface area (Å²) in [6.45, 7) is 4.62. The van der Waals surface area contributed by atoms with Crippen LogP contribution in [-0.4, -0.2) is 29.8 Å². The number of benzene rings is 5. The predicted octanol–water partition coefficient (Wildman–Crippen LogP) is 7.62. The zero-order valence-electron chi connectivity index (χ0n) is 26.1. The van der Waals surface area contributed by atoms with Crippen molar-refractivity contribution >= 4 is 11.6 Å². The van der Waals surface area contributed by atoms with E-state index < -0.39 is 17.1 Å². The van der Waals surface area contributed by atoms with Crippen molar-refractivity contribution < 1.29 is 24.1 Å². The maximum Gasteiger partial charge on any atom is 0.243 e. The van der Waals surface area contributed by atoms with Gasteiger partial charge in [0.15, 0.2) is 11.5 Å². The van der Waals surface area contributed by atoms with Gasteiger partial charge in [-0.25, -0.2) is 0 Å². The van der Waals surface area contributed by atoms with Crippen LogP contribution in [0, 0.1) is 0 Å². The topological polar surface area (TPSA) is 68.2 Å². The molecule has 46 heavy (non-hydrogen) atoms. The highest BCUT2D eigenvalue weighted by atomic mass is 16.6. The molecular formula is C40H37NO5. The van der Waals surface area contributed by atoms with Gasteiger partial charge < -0.3 is 19.3 Å². The number of hydrogen-bond donors (Lipinski definition) is 1. The van der Waals surface area contributed by atoms with Gasteiger partial charge in [0.25, 0.3) is 0 Å². The number of carbonyl (C=O) groups is 1. The third-order valence-corrected chi connectivity index (χ3v) is 8.74. The molecule has 1 unspecified atom stereocenters. The molecule has 2 heterocycles. The number of ether oxygens (including phenoxy) is 3. The molecule has 0 spiro atoms. The van der Waals surface area contributed by atoms with E-state index in [1.165, 1.54) is 0 Å². The van der Waals surface area contributed by atoms with E-state index in [2.05, 4.69) is 24.3 Å². The minimum absolute atomic E-state index is 0.115. The van der Waals surface area contributed by atoms with Crippen LogP contribution in [0.15, 0.2) is 127 Å². The lowest BCUT2D eigenvalue weighted by Crippen LogP contribution is -2.47. The Balaban J connectivity index is 1.47. The van der Waals surface area contributed by atoms with E-state index in [1.807, 2.05) is 108 Å². The first-order valence-electron chi connectivity index (χ1n) is 15.7. The van der Waals surface area contributed by atoms with E-state index in [4.69, 9.17) is 14.2 Å². The van der Waals surface area contributed by atoms with Crippen LogP contribution in [0.5, 0.6) is 17.2 Å². The molecule has 2 aliphatic rings. The van der Waals surface area contributed by atoms with E-state index in [1.54, 1.807) is 13.8 Å². The number of carbonyl (C=O) groups excluding carboxylic acids is 1.